The highest BCUT2D eigenvalue weighted by atomic mass is 16.5. The largest absolute Gasteiger partial charge is 0.374 e. The third-order valence-electron chi connectivity index (χ3n) is 5.50. The summed E-state index contributed by atoms with van der Waals surface area (Å²) < 4.78 is 11.9. The van der Waals surface area contributed by atoms with Gasteiger partial charge in [0.15, 0.2) is 5.96 Å². The van der Waals surface area contributed by atoms with Gasteiger partial charge in [-0.2, -0.15) is 0 Å². The molecular formula is C26H38N4O2. The Morgan fingerprint density at radius 1 is 1.06 bits per heavy atom. The summed E-state index contributed by atoms with van der Waals surface area (Å²) >= 11 is 0. The SMILES string of the molecule is CN=C(NCc1ccccc1COCc1ccccc1)NCC1CN(CC(C)C)CCO1. The Labute approximate surface area is 193 Å². The van der Waals surface area contributed by atoms with E-state index in [1.54, 1.807) is 7.05 Å². The van der Waals surface area contributed by atoms with Gasteiger partial charge in [0.1, 0.15) is 0 Å². The molecule has 6 heteroatoms. The van der Waals surface area contributed by atoms with Crippen LogP contribution < -0.4 is 10.6 Å². The maximum Gasteiger partial charge on any atom is 0.191 e. The van der Waals surface area contributed by atoms with E-state index in [2.05, 4.69) is 70.8 Å². The van der Waals surface area contributed by atoms with E-state index >= 15 is 0 Å². The summed E-state index contributed by atoms with van der Waals surface area (Å²) in [6.07, 6.45) is 0.180. The lowest BCUT2D eigenvalue weighted by Gasteiger charge is -2.34. The molecule has 0 spiro atoms. The van der Waals surface area contributed by atoms with E-state index in [-0.39, 0.29) is 6.10 Å². The van der Waals surface area contributed by atoms with Gasteiger partial charge < -0.3 is 20.1 Å². The Hall–Kier alpha value is -2.41. The number of nitrogens with one attached hydrogen (secondary N) is 2. The first-order chi connectivity index (χ1) is 15.6. The van der Waals surface area contributed by atoms with Crippen molar-refractivity contribution in [2.45, 2.75) is 39.7 Å². The van der Waals surface area contributed by atoms with E-state index in [1.807, 2.05) is 18.2 Å². The third-order valence-corrected chi connectivity index (χ3v) is 5.50. The van der Waals surface area contributed by atoms with E-state index in [0.29, 0.717) is 25.7 Å². The lowest BCUT2D eigenvalue weighted by molar-refractivity contribution is -0.0284. The van der Waals surface area contributed by atoms with Crippen LogP contribution >= 0.6 is 0 Å². The van der Waals surface area contributed by atoms with Crippen molar-refractivity contribution in [2.75, 3.05) is 39.8 Å². The number of morpholine rings is 1. The summed E-state index contributed by atoms with van der Waals surface area (Å²) in [5, 5.41) is 6.85. The highest BCUT2D eigenvalue weighted by molar-refractivity contribution is 5.79. The van der Waals surface area contributed by atoms with Crippen LogP contribution in [0.3, 0.4) is 0 Å². The van der Waals surface area contributed by atoms with Crippen molar-refractivity contribution >= 4 is 5.96 Å². The smallest absolute Gasteiger partial charge is 0.191 e. The number of guanidine groups is 1. The van der Waals surface area contributed by atoms with Crippen LogP contribution in [0.2, 0.25) is 0 Å². The zero-order valence-electron chi connectivity index (χ0n) is 19.7. The molecule has 1 aliphatic rings. The number of benzene rings is 2. The number of aliphatic imine (C=N–C) groups is 1. The summed E-state index contributed by atoms with van der Waals surface area (Å²) in [6.45, 7) is 11.1. The maximum atomic E-state index is 5.95. The van der Waals surface area contributed by atoms with Gasteiger partial charge in [0.05, 0.1) is 25.9 Å². The van der Waals surface area contributed by atoms with E-state index < -0.39 is 0 Å². The molecule has 2 aromatic rings. The first-order valence-electron chi connectivity index (χ1n) is 11.6. The molecule has 0 radical (unpaired) electrons. The molecule has 0 saturated carbocycles. The minimum absolute atomic E-state index is 0.180. The van der Waals surface area contributed by atoms with E-state index in [4.69, 9.17) is 9.47 Å². The normalized spacial score (nSPS) is 17.5. The molecule has 1 heterocycles. The Kier molecular flexibility index (Phi) is 10.0. The van der Waals surface area contributed by atoms with Crippen molar-refractivity contribution in [3.8, 4) is 0 Å². The second-order valence-electron chi connectivity index (χ2n) is 8.70. The lowest BCUT2D eigenvalue weighted by atomic mass is 10.1. The molecule has 1 atom stereocenters. The van der Waals surface area contributed by atoms with Crippen molar-refractivity contribution < 1.29 is 9.47 Å². The van der Waals surface area contributed by atoms with Crippen LogP contribution in [0.25, 0.3) is 0 Å². The molecule has 1 unspecified atom stereocenters. The molecule has 3 rings (SSSR count). The van der Waals surface area contributed by atoms with E-state index in [1.165, 1.54) is 16.7 Å². The highest BCUT2D eigenvalue weighted by Crippen LogP contribution is 2.12. The molecular weight excluding hydrogens is 400 g/mol. The van der Waals surface area contributed by atoms with Crippen molar-refractivity contribution in [3.05, 3.63) is 71.3 Å². The predicted molar refractivity (Wildman–Crippen MR) is 131 cm³/mol. The first-order valence-corrected chi connectivity index (χ1v) is 11.6. The number of hydrogen-bond donors (Lipinski definition) is 2. The quantitative estimate of drug-likeness (QED) is 0.440. The average Bonchev–Trinajstić information content (AvgIpc) is 2.80. The minimum atomic E-state index is 0.180. The molecule has 0 aromatic heterocycles. The molecule has 32 heavy (non-hydrogen) atoms. The molecule has 1 fully saturated rings. The first kappa shape index (κ1) is 24.2. The Balaban J connectivity index is 1.44. The fraction of sp³-hybridized carbons (Fsp3) is 0.500. The number of ether oxygens (including phenoxy) is 2. The van der Waals surface area contributed by atoms with Crippen molar-refractivity contribution in [3.63, 3.8) is 0 Å². The Morgan fingerprint density at radius 3 is 2.56 bits per heavy atom. The Morgan fingerprint density at radius 2 is 1.81 bits per heavy atom. The highest BCUT2D eigenvalue weighted by Gasteiger charge is 2.21. The lowest BCUT2D eigenvalue weighted by Crippen LogP contribution is -2.50. The van der Waals surface area contributed by atoms with Gasteiger partial charge in [-0.25, -0.2) is 0 Å². The standard InChI is InChI=1S/C26H38N4O2/c1-21(2)17-30-13-14-32-25(18-30)16-29-26(27-3)28-15-23-11-7-8-12-24(23)20-31-19-22-9-5-4-6-10-22/h4-12,21,25H,13-20H2,1-3H3,(H2,27,28,29). The fourth-order valence-electron chi connectivity index (χ4n) is 3.92. The minimum Gasteiger partial charge on any atom is -0.374 e. The molecule has 0 bridgehead atoms. The number of rotatable bonds is 10. The van der Waals surface area contributed by atoms with Crippen LogP contribution in [-0.4, -0.2) is 56.8 Å². The molecule has 174 valence electrons. The van der Waals surface area contributed by atoms with E-state index in [0.717, 1.165) is 38.7 Å². The van der Waals surface area contributed by atoms with Crippen LogP contribution in [-0.2, 0) is 29.2 Å². The number of nitrogens with zero attached hydrogens (tertiary/aromatic N) is 2. The summed E-state index contributed by atoms with van der Waals surface area (Å²) in [7, 11) is 1.80. The fourth-order valence-corrected chi connectivity index (χ4v) is 3.92. The van der Waals surface area contributed by atoms with Gasteiger partial charge in [-0.3, -0.25) is 9.89 Å². The zero-order valence-corrected chi connectivity index (χ0v) is 19.7. The second-order valence-corrected chi connectivity index (χ2v) is 8.70. The van der Waals surface area contributed by atoms with Gasteiger partial charge in [-0.15, -0.1) is 0 Å². The summed E-state index contributed by atoms with van der Waals surface area (Å²) in [6, 6.07) is 18.6. The topological polar surface area (TPSA) is 58.1 Å². The van der Waals surface area contributed by atoms with Crippen molar-refractivity contribution in [2.24, 2.45) is 10.9 Å². The van der Waals surface area contributed by atoms with Crippen LogP contribution in [0, 0.1) is 5.92 Å². The number of hydrogen-bond acceptors (Lipinski definition) is 4. The summed E-state index contributed by atoms with van der Waals surface area (Å²) in [5.74, 6) is 1.46. The van der Waals surface area contributed by atoms with Gasteiger partial charge in [-0.05, 0) is 22.6 Å². The second kappa shape index (κ2) is 13.2. The zero-order chi connectivity index (χ0) is 22.6. The predicted octanol–water partition coefficient (Wildman–Crippen LogP) is 3.43. The van der Waals surface area contributed by atoms with Crippen molar-refractivity contribution in [1.82, 2.24) is 15.5 Å². The van der Waals surface area contributed by atoms with Crippen LogP contribution in [0.15, 0.2) is 59.6 Å². The molecule has 0 aliphatic carbocycles. The van der Waals surface area contributed by atoms with Gasteiger partial charge in [-0.1, -0.05) is 68.4 Å². The molecule has 2 aromatic carbocycles. The van der Waals surface area contributed by atoms with Gasteiger partial charge in [0.2, 0.25) is 0 Å². The average molecular weight is 439 g/mol. The van der Waals surface area contributed by atoms with Crippen molar-refractivity contribution in [1.29, 1.82) is 0 Å². The van der Waals surface area contributed by atoms with Crippen LogP contribution in [0.5, 0.6) is 0 Å². The van der Waals surface area contributed by atoms with Crippen LogP contribution in [0.4, 0.5) is 0 Å². The molecule has 1 saturated heterocycles. The maximum absolute atomic E-state index is 5.95. The van der Waals surface area contributed by atoms with Gasteiger partial charge >= 0.3 is 0 Å². The molecule has 0 amide bonds. The summed E-state index contributed by atoms with van der Waals surface area (Å²) in [4.78, 5) is 6.87. The Bertz CT molecular complexity index is 826. The van der Waals surface area contributed by atoms with Gasteiger partial charge in [0, 0.05) is 39.8 Å². The summed E-state index contributed by atoms with van der Waals surface area (Å²) in [5.41, 5.74) is 3.58. The van der Waals surface area contributed by atoms with E-state index in [9.17, 15) is 0 Å². The van der Waals surface area contributed by atoms with Crippen LogP contribution in [0.1, 0.15) is 30.5 Å². The molecule has 6 nitrogen and oxygen atoms in total. The molecule has 1 aliphatic heterocycles. The monoisotopic (exact) mass is 438 g/mol. The third kappa shape index (κ3) is 8.26. The molecule has 2 N–H and O–H groups in total. The van der Waals surface area contributed by atoms with Gasteiger partial charge in [0.25, 0.3) is 0 Å².